The van der Waals surface area contributed by atoms with Crippen LogP contribution in [0.3, 0.4) is 0 Å². The number of hydrogen-bond donors (Lipinski definition) is 1. The number of benzene rings is 1. The van der Waals surface area contributed by atoms with Crippen LogP contribution in [0.2, 0.25) is 0 Å². The zero-order valence-electron chi connectivity index (χ0n) is 12.4. The lowest BCUT2D eigenvalue weighted by molar-refractivity contribution is 0.306. The molecule has 0 bridgehead atoms. The zero-order chi connectivity index (χ0) is 14.7. The molecule has 0 saturated heterocycles. The molecule has 1 aromatic carbocycles. The molecule has 0 aliphatic carbocycles. The molecule has 2 heterocycles. The summed E-state index contributed by atoms with van der Waals surface area (Å²) in [6.07, 6.45) is 4.55. The van der Waals surface area contributed by atoms with Gasteiger partial charge < -0.3 is 5.73 Å². The fourth-order valence-corrected chi connectivity index (χ4v) is 3.59. The standard InChI is InChI=1S/C17H21N3S/c1-13-16(21-17(18)19-13)9-12-20-10-7-15(8-11-20)14-5-3-2-4-6-14/h2-7H,8-12H2,1H3,(H2,18,19). The summed E-state index contributed by atoms with van der Waals surface area (Å²) in [5.74, 6) is 0. The summed E-state index contributed by atoms with van der Waals surface area (Å²) in [5, 5.41) is 0.687. The molecule has 1 aliphatic rings. The maximum absolute atomic E-state index is 5.76. The Bertz CT molecular complexity index is 631. The van der Waals surface area contributed by atoms with E-state index in [0.29, 0.717) is 5.13 Å². The molecule has 3 nitrogen and oxygen atoms in total. The van der Waals surface area contributed by atoms with Crippen molar-refractivity contribution in [3.63, 3.8) is 0 Å². The highest BCUT2D eigenvalue weighted by atomic mass is 32.1. The lowest BCUT2D eigenvalue weighted by Crippen LogP contribution is -2.30. The normalized spacial score (nSPS) is 16.0. The second kappa shape index (κ2) is 6.41. The number of nitrogen functional groups attached to an aromatic ring is 1. The average Bonchev–Trinajstić information content (AvgIpc) is 2.84. The van der Waals surface area contributed by atoms with Gasteiger partial charge in [0.1, 0.15) is 0 Å². The highest BCUT2D eigenvalue weighted by molar-refractivity contribution is 7.15. The van der Waals surface area contributed by atoms with Gasteiger partial charge in [0, 0.05) is 24.5 Å². The Hall–Kier alpha value is -1.65. The van der Waals surface area contributed by atoms with Crippen molar-refractivity contribution >= 4 is 22.0 Å². The Morgan fingerprint density at radius 1 is 1.29 bits per heavy atom. The van der Waals surface area contributed by atoms with Gasteiger partial charge in [0.25, 0.3) is 0 Å². The van der Waals surface area contributed by atoms with Crippen molar-refractivity contribution in [1.82, 2.24) is 9.88 Å². The van der Waals surface area contributed by atoms with Crippen molar-refractivity contribution in [2.24, 2.45) is 0 Å². The second-order valence-electron chi connectivity index (χ2n) is 5.46. The Kier molecular flexibility index (Phi) is 4.36. The summed E-state index contributed by atoms with van der Waals surface area (Å²) in [4.78, 5) is 8.12. The van der Waals surface area contributed by atoms with Crippen molar-refractivity contribution in [2.45, 2.75) is 19.8 Å². The molecule has 0 radical (unpaired) electrons. The van der Waals surface area contributed by atoms with E-state index in [1.165, 1.54) is 16.0 Å². The molecule has 1 aliphatic heterocycles. The number of aromatic nitrogens is 1. The first-order valence-electron chi connectivity index (χ1n) is 7.41. The van der Waals surface area contributed by atoms with Crippen LogP contribution in [-0.2, 0) is 6.42 Å². The number of anilines is 1. The van der Waals surface area contributed by atoms with E-state index in [2.05, 4.69) is 46.3 Å². The Morgan fingerprint density at radius 2 is 2.10 bits per heavy atom. The van der Waals surface area contributed by atoms with Gasteiger partial charge in [0.15, 0.2) is 5.13 Å². The average molecular weight is 299 g/mol. The topological polar surface area (TPSA) is 42.1 Å². The number of aryl methyl sites for hydroxylation is 1. The van der Waals surface area contributed by atoms with E-state index >= 15 is 0 Å². The molecule has 0 unspecified atom stereocenters. The highest BCUT2D eigenvalue weighted by Crippen LogP contribution is 2.23. The molecule has 2 N–H and O–H groups in total. The number of nitrogens with zero attached hydrogens (tertiary/aromatic N) is 2. The van der Waals surface area contributed by atoms with E-state index in [9.17, 15) is 0 Å². The summed E-state index contributed by atoms with van der Waals surface area (Å²) in [6.45, 7) is 5.30. The minimum atomic E-state index is 0.687. The molecule has 0 amide bonds. The van der Waals surface area contributed by atoms with Crippen molar-refractivity contribution < 1.29 is 0 Å². The van der Waals surface area contributed by atoms with Gasteiger partial charge in [-0.1, -0.05) is 36.4 Å². The molecule has 1 aromatic heterocycles. The van der Waals surface area contributed by atoms with Crippen molar-refractivity contribution in [3.8, 4) is 0 Å². The number of hydrogen-bond acceptors (Lipinski definition) is 4. The lowest BCUT2D eigenvalue weighted by atomic mass is 9.99. The smallest absolute Gasteiger partial charge is 0.180 e. The summed E-state index contributed by atoms with van der Waals surface area (Å²) >= 11 is 1.62. The number of nitrogens with two attached hydrogens (primary N) is 1. The molecule has 0 spiro atoms. The van der Waals surface area contributed by atoms with Gasteiger partial charge in [-0.3, -0.25) is 4.90 Å². The molecular weight excluding hydrogens is 278 g/mol. The van der Waals surface area contributed by atoms with Gasteiger partial charge >= 0.3 is 0 Å². The third kappa shape index (κ3) is 3.52. The van der Waals surface area contributed by atoms with Crippen LogP contribution >= 0.6 is 11.3 Å². The van der Waals surface area contributed by atoms with Gasteiger partial charge in [0.05, 0.1) is 5.69 Å². The summed E-state index contributed by atoms with van der Waals surface area (Å²) in [7, 11) is 0. The maximum atomic E-state index is 5.76. The Morgan fingerprint density at radius 3 is 2.71 bits per heavy atom. The van der Waals surface area contributed by atoms with Crippen LogP contribution in [0.15, 0.2) is 36.4 Å². The SMILES string of the molecule is Cc1nc(N)sc1CCN1CC=C(c2ccccc2)CC1. The fourth-order valence-electron chi connectivity index (χ4n) is 2.77. The van der Waals surface area contributed by atoms with Crippen LogP contribution in [0, 0.1) is 6.92 Å². The van der Waals surface area contributed by atoms with Gasteiger partial charge in [0.2, 0.25) is 0 Å². The minimum absolute atomic E-state index is 0.687. The molecule has 0 fully saturated rings. The van der Waals surface area contributed by atoms with Crippen LogP contribution in [0.1, 0.15) is 22.6 Å². The van der Waals surface area contributed by atoms with Gasteiger partial charge in [-0.25, -0.2) is 4.98 Å². The van der Waals surface area contributed by atoms with Gasteiger partial charge in [-0.15, -0.1) is 11.3 Å². The van der Waals surface area contributed by atoms with E-state index in [1.807, 2.05) is 6.92 Å². The summed E-state index contributed by atoms with van der Waals surface area (Å²) in [6, 6.07) is 10.7. The lowest BCUT2D eigenvalue weighted by Gasteiger charge is -2.26. The largest absolute Gasteiger partial charge is 0.375 e. The second-order valence-corrected chi connectivity index (χ2v) is 6.57. The summed E-state index contributed by atoms with van der Waals surface area (Å²) < 4.78 is 0. The van der Waals surface area contributed by atoms with Crippen molar-refractivity contribution in [3.05, 3.63) is 52.5 Å². The zero-order valence-corrected chi connectivity index (χ0v) is 13.2. The van der Waals surface area contributed by atoms with Crippen LogP contribution < -0.4 is 5.73 Å². The molecule has 110 valence electrons. The van der Waals surface area contributed by atoms with Crippen LogP contribution in [0.5, 0.6) is 0 Å². The molecule has 0 saturated carbocycles. The van der Waals surface area contributed by atoms with Crippen molar-refractivity contribution in [2.75, 3.05) is 25.4 Å². The first kappa shape index (κ1) is 14.3. The number of thiazole rings is 1. The molecule has 3 rings (SSSR count). The Balaban J connectivity index is 1.56. The van der Waals surface area contributed by atoms with Crippen molar-refractivity contribution in [1.29, 1.82) is 0 Å². The maximum Gasteiger partial charge on any atom is 0.180 e. The van der Waals surface area contributed by atoms with E-state index < -0.39 is 0 Å². The quantitative estimate of drug-likeness (QED) is 0.941. The Labute approximate surface area is 130 Å². The van der Waals surface area contributed by atoms with Gasteiger partial charge in [-0.2, -0.15) is 0 Å². The molecule has 21 heavy (non-hydrogen) atoms. The van der Waals surface area contributed by atoms with Crippen LogP contribution in [0.25, 0.3) is 5.57 Å². The van der Waals surface area contributed by atoms with E-state index in [-0.39, 0.29) is 0 Å². The third-order valence-corrected chi connectivity index (χ3v) is 5.05. The molecule has 0 atom stereocenters. The van der Waals surface area contributed by atoms with E-state index in [1.54, 1.807) is 11.3 Å². The molecular formula is C17H21N3S. The van der Waals surface area contributed by atoms with E-state index in [0.717, 1.165) is 38.2 Å². The number of rotatable bonds is 4. The fraction of sp³-hybridized carbons (Fsp3) is 0.353. The van der Waals surface area contributed by atoms with Gasteiger partial charge in [-0.05, 0) is 30.9 Å². The van der Waals surface area contributed by atoms with Crippen LogP contribution in [-0.4, -0.2) is 29.5 Å². The first-order chi connectivity index (χ1) is 10.2. The predicted molar refractivity (Wildman–Crippen MR) is 90.4 cm³/mol. The predicted octanol–water partition coefficient (Wildman–Crippen LogP) is 3.37. The third-order valence-electron chi connectivity index (χ3n) is 4.00. The first-order valence-corrected chi connectivity index (χ1v) is 8.22. The molecule has 2 aromatic rings. The van der Waals surface area contributed by atoms with E-state index in [4.69, 9.17) is 5.73 Å². The summed E-state index contributed by atoms with van der Waals surface area (Å²) in [5.41, 5.74) is 9.69. The van der Waals surface area contributed by atoms with Crippen LogP contribution in [0.4, 0.5) is 5.13 Å². The molecule has 4 heteroatoms. The highest BCUT2D eigenvalue weighted by Gasteiger charge is 2.14. The minimum Gasteiger partial charge on any atom is -0.375 e. The monoisotopic (exact) mass is 299 g/mol.